The van der Waals surface area contributed by atoms with Gasteiger partial charge in [-0.05, 0) is 24.5 Å². The van der Waals surface area contributed by atoms with E-state index >= 15 is 0 Å². The summed E-state index contributed by atoms with van der Waals surface area (Å²) in [5.74, 6) is 0. The maximum absolute atomic E-state index is 12.2. The molecular formula is C11H14F3N. The van der Waals surface area contributed by atoms with E-state index in [9.17, 15) is 13.2 Å². The summed E-state index contributed by atoms with van der Waals surface area (Å²) in [6.45, 7) is 2.09. The maximum atomic E-state index is 12.2. The van der Waals surface area contributed by atoms with Gasteiger partial charge in [0.15, 0.2) is 0 Å². The molecule has 0 unspecified atom stereocenters. The Hall–Kier alpha value is -1.06. The quantitative estimate of drug-likeness (QED) is 0.698. The molecule has 0 spiro atoms. The first-order valence-electron chi connectivity index (χ1n) is 5.06. The van der Waals surface area contributed by atoms with Crippen molar-refractivity contribution in [2.24, 2.45) is 0 Å². The van der Waals surface area contributed by atoms with E-state index in [2.05, 4.69) is 11.9 Å². The smallest absolute Gasteiger partial charge is 0.252 e. The van der Waals surface area contributed by atoms with Crippen LogP contribution in [-0.4, -0.2) is 4.98 Å². The Morgan fingerprint density at radius 3 is 2.40 bits per heavy atom. The van der Waals surface area contributed by atoms with Crippen LogP contribution in [0.2, 0.25) is 0 Å². The summed E-state index contributed by atoms with van der Waals surface area (Å²) >= 11 is 0. The maximum Gasteiger partial charge on any atom is 0.433 e. The summed E-state index contributed by atoms with van der Waals surface area (Å²) in [5, 5.41) is 0. The van der Waals surface area contributed by atoms with E-state index < -0.39 is 11.9 Å². The van der Waals surface area contributed by atoms with Crippen LogP contribution in [0, 0.1) is 0 Å². The minimum absolute atomic E-state index is 0.805. The second-order valence-corrected chi connectivity index (χ2v) is 3.51. The highest BCUT2D eigenvalue weighted by atomic mass is 19.4. The molecule has 0 radical (unpaired) electrons. The van der Waals surface area contributed by atoms with E-state index in [-0.39, 0.29) is 0 Å². The first kappa shape index (κ1) is 12.0. The van der Waals surface area contributed by atoms with Crippen LogP contribution in [0.3, 0.4) is 0 Å². The van der Waals surface area contributed by atoms with Crippen molar-refractivity contribution in [2.45, 2.75) is 38.8 Å². The average Bonchev–Trinajstić information content (AvgIpc) is 2.18. The van der Waals surface area contributed by atoms with Crippen LogP contribution in [0.25, 0.3) is 0 Å². The third-order valence-corrected chi connectivity index (χ3v) is 2.18. The number of halogens is 3. The van der Waals surface area contributed by atoms with Crippen LogP contribution in [0.15, 0.2) is 18.3 Å². The molecule has 0 bridgehead atoms. The summed E-state index contributed by atoms with van der Waals surface area (Å²) in [4.78, 5) is 3.40. The monoisotopic (exact) mass is 217 g/mol. The molecule has 1 rings (SSSR count). The molecule has 0 aliphatic heterocycles. The van der Waals surface area contributed by atoms with Crippen molar-refractivity contribution in [1.29, 1.82) is 0 Å². The van der Waals surface area contributed by atoms with E-state index in [1.807, 2.05) is 0 Å². The van der Waals surface area contributed by atoms with Gasteiger partial charge >= 0.3 is 6.18 Å². The predicted octanol–water partition coefficient (Wildman–Crippen LogP) is 3.83. The molecule has 1 heterocycles. The number of nitrogens with zero attached hydrogens (tertiary/aromatic N) is 1. The first-order chi connectivity index (χ1) is 7.04. The Kier molecular flexibility index (Phi) is 4.12. The van der Waals surface area contributed by atoms with Crippen LogP contribution in [0.4, 0.5) is 13.2 Å². The second-order valence-electron chi connectivity index (χ2n) is 3.51. The first-order valence-corrected chi connectivity index (χ1v) is 5.06. The fraction of sp³-hybridized carbons (Fsp3) is 0.545. The Bertz CT molecular complexity index is 290. The van der Waals surface area contributed by atoms with Crippen LogP contribution in [0.5, 0.6) is 0 Å². The van der Waals surface area contributed by atoms with E-state index in [0.29, 0.717) is 0 Å². The molecule has 0 amide bonds. The van der Waals surface area contributed by atoms with E-state index in [1.54, 1.807) is 0 Å². The Morgan fingerprint density at radius 2 is 1.93 bits per heavy atom. The normalized spacial score (nSPS) is 11.7. The molecule has 1 aromatic rings. The van der Waals surface area contributed by atoms with Crippen LogP contribution < -0.4 is 0 Å². The van der Waals surface area contributed by atoms with Crippen molar-refractivity contribution in [3.63, 3.8) is 0 Å². The molecule has 0 aliphatic carbocycles. The van der Waals surface area contributed by atoms with Gasteiger partial charge in [-0.3, -0.25) is 4.98 Å². The molecule has 1 aromatic heterocycles. The number of alkyl halides is 3. The fourth-order valence-electron chi connectivity index (χ4n) is 1.32. The summed E-state index contributed by atoms with van der Waals surface area (Å²) in [6, 6.07) is 2.55. The van der Waals surface area contributed by atoms with Gasteiger partial charge in [-0.25, -0.2) is 0 Å². The lowest BCUT2D eigenvalue weighted by molar-refractivity contribution is -0.141. The highest BCUT2D eigenvalue weighted by molar-refractivity contribution is 5.15. The van der Waals surface area contributed by atoms with Gasteiger partial charge in [0.25, 0.3) is 0 Å². The fourth-order valence-corrected chi connectivity index (χ4v) is 1.32. The van der Waals surface area contributed by atoms with Gasteiger partial charge < -0.3 is 0 Å². The minimum Gasteiger partial charge on any atom is -0.252 e. The molecule has 1 nitrogen and oxygen atoms in total. The lowest BCUT2D eigenvalue weighted by atomic mass is 10.1. The largest absolute Gasteiger partial charge is 0.433 e. The van der Waals surface area contributed by atoms with Gasteiger partial charge in [-0.1, -0.05) is 25.8 Å². The Morgan fingerprint density at radius 1 is 1.20 bits per heavy atom. The molecule has 0 aromatic carbocycles. The van der Waals surface area contributed by atoms with Gasteiger partial charge in [0.1, 0.15) is 5.69 Å². The summed E-state index contributed by atoms with van der Waals surface area (Å²) < 4.78 is 36.5. The Labute approximate surface area is 87.3 Å². The second kappa shape index (κ2) is 5.14. The van der Waals surface area contributed by atoms with Gasteiger partial charge in [0.05, 0.1) is 0 Å². The predicted molar refractivity (Wildman–Crippen MR) is 52.5 cm³/mol. The summed E-state index contributed by atoms with van der Waals surface area (Å²) in [6.07, 6.45) is 0.998. The van der Waals surface area contributed by atoms with Crippen molar-refractivity contribution in [3.05, 3.63) is 29.6 Å². The number of aryl methyl sites for hydroxylation is 1. The molecule has 0 saturated heterocycles. The minimum atomic E-state index is -4.33. The van der Waals surface area contributed by atoms with Crippen molar-refractivity contribution < 1.29 is 13.2 Å². The van der Waals surface area contributed by atoms with Crippen molar-refractivity contribution >= 4 is 0 Å². The molecule has 15 heavy (non-hydrogen) atoms. The van der Waals surface area contributed by atoms with Gasteiger partial charge in [-0.2, -0.15) is 13.2 Å². The number of pyridine rings is 1. The number of rotatable bonds is 4. The van der Waals surface area contributed by atoms with Crippen molar-refractivity contribution in [2.75, 3.05) is 0 Å². The third-order valence-electron chi connectivity index (χ3n) is 2.18. The number of hydrogen-bond donors (Lipinski definition) is 0. The molecule has 0 saturated carbocycles. The zero-order valence-electron chi connectivity index (χ0n) is 8.64. The van der Waals surface area contributed by atoms with Crippen LogP contribution in [-0.2, 0) is 12.6 Å². The van der Waals surface area contributed by atoms with Gasteiger partial charge in [0, 0.05) is 6.20 Å². The molecule has 4 heteroatoms. The van der Waals surface area contributed by atoms with E-state index in [4.69, 9.17) is 0 Å². The van der Waals surface area contributed by atoms with Crippen molar-refractivity contribution in [3.8, 4) is 0 Å². The molecule has 0 N–H and O–H groups in total. The number of unbranched alkanes of at least 4 members (excludes halogenated alkanes) is 2. The standard InChI is InChI=1S/C11H14F3N/c1-2-3-4-5-9-6-7-10(15-8-9)11(12,13)14/h6-8H,2-5H2,1H3. The molecule has 0 aliphatic rings. The SMILES string of the molecule is CCCCCc1ccc(C(F)(F)F)nc1. The van der Waals surface area contributed by atoms with E-state index in [1.165, 1.54) is 12.3 Å². The molecule has 0 atom stereocenters. The van der Waals surface area contributed by atoms with E-state index in [0.717, 1.165) is 37.3 Å². The highest BCUT2D eigenvalue weighted by Gasteiger charge is 2.31. The van der Waals surface area contributed by atoms with Crippen LogP contribution >= 0.6 is 0 Å². The van der Waals surface area contributed by atoms with Gasteiger partial charge in [-0.15, -0.1) is 0 Å². The average molecular weight is 217 g/mol. The molecular weight excluding hydrogens is 203 g/mol. The topological polar surface area (TPSA) is 12.9 Å². The van der Waals surface area contributed by atoms with Crippen molar-refractivity contribution in [1.82, 2.24) is 4.98 Å². The van der Waals surface area contributed by atoms with Crippen LogP contribution in [0.1, 0.15) is 37.4 Å². The third kappa shape index (κ3) is 3.90. The molecule has 0 fully saturated rings. The lowest BCUT2D eigenvalue weighted by Crippen LogP contribution is -2.07. The summed E-state index contributed by atoms with van der Waals surface area (Å²) in [7, 11) is 0. The zero-order chi connectivity index (χ0) is 11.3. The highest BCUT2D eigenvalue weighted by Crippen LogP contribution is 2.27. The number of hydrogen-bond acceptors (Lipinski definition) is 1. The number of aromatic nitrogens is 1. The molecule has 84 valence electrons. The Balaban J connectivity index is 2.57. The van der Waals surface area contributed by atoms with Gasteiger partial charge in [0.2, 0.25) is 0 Å². The summed E-state index contributed by atoms with van der Waals surface area (Å²) in [5.41, 5.74) is 0.0539. The zero-order valence-corrected chi connectivity index (χ0v) is 8.64. The lowest BCUT2D eigenvalue weighted by Gasteiger charge is -2.06.